The highest BCUT2D eigenvalue weighted by atomic mass is 35.5. The Hall–Kier alpha value is -4.30. The van der Waals surface area contributed by atoms with E-state index in [1.807, 2.05) is 6.92 Å². The van der Waals surface area contributed by atoms with Crippen LogP contribution < -0.4 is 9.64 Å². The molecule has 9 heteroatoms. The third-order valence-corrected chi connectivity index (χ3v) is 6.17. The molecule has 0 spiro atoms. The standard InChI is InChI=1S/C28H24ClNO7/c1-3-13-37-28(35)18-5-4-6-19(14-18)30-24(16-7-10-20(31)11-8-16)23(26(33)27(30)34)25(32)17-9-12-22(36-2)21(29)15-17/h4-12,14-15,24,31-32H,3,13H2,1-2H3/b25-23+. The minimum Gasteiger partial charge on any atom is -0.508 e. The molecule has 1 atom stereocenters. The molecule has 1 saturated heterocycles. The van der Waals surface area contributed by atoms with E-state index in [0.717, 1.165) is 0 Å². The second-order valence-corrected chi connectivity index (χ2v) is 8.70. The van der Waals surface area contributed by atoms with E-state index in [1.165, 1.54) is 48.4 Å². The molecule has 2 N–H and O–H groups in total. The first-order valence-electron chi connectivity index (χ1n) is 11.5. The van der Waals surface area contributed by atoms with E-state index in [2.05, 4.69) is 0 Å². The van der Waals surface area contributed by atoms with Gasteiger partial charge in [0.05, 0.1) is 35.9 Å². The van der Waals surface area contributed by atoms with E-state index in [0.29, 0.717) is 17.7 Å². The normalized spacial score (nSPS) is 16.6. The topological polar surface area (TPSA) is 113 Å². The van der Waals surface area contributed by atoms with Crippen LogP contribution in [0.15, 0.2) is 72.3 Å². The zero-order chi connectivity index (χ0) is 26.7. The number of methoxy groups -OCH3 is 1. The number of halogens is 1. The molecule has 0 aliphatic carbocycles. The molecule has 37 heavy (non-hydrogen) atoms. The Morgan fingerprint density at radius 3 is 2.41 bits per heavy atom. The van der Waals surface area contributed by atoms with Crippen molar-refractivity contribution in [3.05, 3.63) is 94.0 Å². The molecule has 0 bridgehead atoms. The van der Waals surface area contributed by atoms with Crippen molar-refractivity contribution in [3.63, 3.8) is 0 Å². The number of benzene rings is 3. The number of hydrogen-bond acceptors (Lipinski definition) is 7. The lowest BCUT2D eigenvalue weighted by Crippen LogP contribution is -2.29. The number of carbonyl (C=O) groups is 3. The summed E-state index contributed by atoms with van der Waals surface area (Å²) < 4.78 is 10.4. The van der Waals surface area contributed by atoms with Crippen LogP contribution in [-0.4, -0.2) is 41.6 Å². The van der Waals surface area contributed by atoms with Gasteiger partial charge >= 0.3 is 5.97 Å². The molecular weight excluding hydrogens is 498 g/mol. The van der Waals surface area contributed by atoms with Gasteiger partial charge in [-0.25, -0.2) is 4.79 Å². The molecule has 1 heterocycles. The highest BCUT2D eigenvalue weighted by Gasteiger charge is 2.47. The first-order valence-corrected chi connectivity index (χ1v) is 11.9. The van der Waals surface area contributed by atoms with Gasteiger partial charge in [-0.15, -0.1) is 0 Å². The lowest BCUT2D eigenvalue weighted by molar-refractivity contribution is -0.132. The van der Waals surface area contributed by atoms with Crippen LogP contribution in [-0.2, 0) is 14.3 Å². The van der Waals surface area contributed by atoms with E-state index >= 15 is 0 Å². The minimum atomic E-state index is -1.05. The fraction of sp³-hybridized carbons (Fsp3) is 0.179. The monoisotopic (exact) mass is 521 g/mol. The zero-order valence-electron chi connectivity index (χ0n) is 20.1. The van der Waals surface area contributed by atoms with Crippen LogP contribution in [0.25, 0.3) is 5.76 Å². The Morgan fingerprint density at radius 1 is 1.03 bits per heavy atom. The summed E-state index contributed by atoms with van der Waals surface area (Å²) >= 11 is 6.23. The molecule has 4 rings (SSSR count). The number of nitrogens with zero attached hydrogens (tertiary/aromatic N) is 1. The fourth-order valence-corrected chi connectivity index (χ4v) is 4.36. The molecule has 3 aromatic carbocycles. The molecule has 1 fully saturated rings. The molecule has 0 aromatic heterocycles. The van der Waals surface area contributed by atoms with Crippen molar-refractivity contribution in [1.82, 2.24) is 0 Å². The third-order valence-electron chi connectivity index (χ3n) is 5.88. The molecule has 1 amide bonds. The number of phenols is 1. The van der Waals surface area contributed by atoms with Gasteiger partial charge in [0, 0.05) is 11.3 Å². The number of Topliss-reactive ketones (excluding diaryl/α,β-unsaturated/α-hetero) is 1. The number of carbonyl (C=O) groups excluding carboxylic acids is 3. The number of hydrogen-bond donors (Lipinski definition) is 2. The van der Waals surface area contributed by atoms with Crippen LogP contribution in [0.2, 0.25) is 5.02 Å². The maximum Gasteiger partial charge on any atom is 0.338 e. The van der Waals surface area contributed by atoms with Gasteiger partial charge in [0.1, 0.15) is 17.3 Å². The summed E-state index contributed by atoms with van der Waals surface area (Å²) in [4.78, 5) is 40.3. The summed E-state index contributed by atoms with van der Waals surface area (Å²) in [7, 11) is 1.45. The Labute approximate surface area is 218 Å². The number of aliphatic hydroxyl groups is 1. The number of esters is 1. The summed E-state index contributed by atoms with van der Waals surface area (Å²) in [5.74, 6) is -2.43. The molecule has 1 aliphatic heterocycles. The van der Waals surface area contributed by atoms with E-state index in [4.69, 9.17) is 21.1 Å². The maximum absolute atomic E-state index is 13.3. The number of rotatable bonds is 7. The van der Waals surface area contributed by atoms with Gasteiger partial charge < -0.3 is 19.7 Å². The Kier molecular flexibility index (Phi) is 7.50. The average molecular weight is 522 g/mol. The van der Waals surface area contributed by atoms with Gasteiger partial charge in [0.15, 0.2) is 0 Å². The smallest absolute Gasteiger partial charge is 0.338 e. The second-order valence-electron chi connectivity index (χ2n) is 8.30. The van der Waals surface area contributed by atoms with Crippen LogP contribution in [0, 0.1) is 0 Å². The average Bonchev–Trinajstić information content (AvgIpc) is 3.17. The Bertz CT molecular complexity index is 1400. The molecule has 190 valence electrons. The van der Waals surface area contributed by atoms with Gasteiger partial charge in [-0.2, -0.15) is 0 Å². The van der Waals surface area contributed by atoms with Gasteiger partial charge in [-0.05, 0) is 60.5 Å². The Balaban J connectivity index is 1.88. The van der Waals surface area contributed by atoms with Crippen molar-refractivity contribution in [2.75, 3.05) is 18.6 Å². The summed E-state index contributed by atoms with van der Waals surface area (Å²) in [5, 5.41) is 21.3. The maximum atomic E-state index is 13.3. The van der Waals surface area contributed by atoms with Crippen LogP contribution in [0.4, 0.5) is 5.69 Å². The van der Waals surface area contributed by atoms with Gasteiger partial charge in [-0.3, -0.25) is 14.5 Å². The number of ether oxygens (including phenoxy) is 2. The lowest BCUT2D eigenvalue weighted by Gasteiger charge is -2.26. The van der Waals surface area contributed by atoms with Crippen LogP contribution in [0.1, 0.15) is 40.9 Å². The minimum absolute atomic E-state index is 0.0108. The van der Waals surface area contributed by atoms with Crippen molar-refractivity contribution in [3.8, 4) is 11.5 Å². The first kappa shape index (κ1) is 25.8. The predicted octanol–water partition coefficient (Wildman–Crippen LogP) is 5.25. The molecule has 0 radical (unpaired) electrons. The van der Waals surface area contributed by atoms with Crippen molar-refractivity contribution in [2.45, 2.75) is 19.4 Å². The predicted molar refractivity (Wildman–Crippen MR) is 138 cm³/mol. The summed E-state index contributed by atoms with van der Waals surface area (Å²) in [6, 6.07) is 15.5. The molecule has 1 aliphatic rings. The summed E-state index contributed by atoms with van der Waals surface area (Å²) in [6.07, 6.45) is 0.649. The largest absolute Gasteiger partial charge is 0.508 e. The second kappa shape index (κ2) is 10.8. The van der Waals surface area contributed by atoms with Crippen LogP contribution in [0.5, 0.6) is 11.5 Å². The molecule has 8 nitrogen and oxygen atoms in total. The van der Waals surface area contributed by atoms with Crippen molar-refractivity contribution < 1.29 is 34.1 Å². The molecule has 1 unspecified atom stereocenters. The quantitative estimate of drug-likeness (QED) is 0.189. The number of amides is 1. The Morgan fingerprint density at radius 2 is 1.76 bits per heavy atom. The number of aliphatic hydroxyl groups excluding tert-OH is 1. The van der Waals surface area contributed by atoms with Gasteiger partial charge in [-0.1, -0.05) is 36.7 Å². The number of phenolic OH excluding ortho intramolecular Hbond substituents is 1. The van der Waals surface area contributed by atoms with E-state index < -0.39 is 29.5 Å². The SMILES string of the molecule is CCCOC(=O)c1cccc(N2C(=O)C(=O)/C(=C(/O)c3ccc(OC)c(Cl)c3)C2c2ccc(O)cc2)c1. The van der Waals surface area contributed by atoms with E-state index in [1.54, 1.807) is 30.3 Å². The van der Waals surface area contributed by atoms with Crippen LogP contribution in [0.3, 0.4) is 0 Å². The van der Waals surface area contributed by atoms with Crippen LogP contribution >= 0.6 is 11.6 Å². The first-order chi connectivity index (χ1) is 17.8. The van der Waals surface area contributed by atoms with E-state index in [-0.39, 0.29) is 39.8 Å². The van der Waals surface area contributed by atoms with Crippen molar-refractivity contribution in [1.29, 1.82) is 0 Å². The lowest BCUT2D eigenvalue weighted by atomic mass is 9.95. The summed E-state index contributed by atoms with van der Waals surface area (Å²) in [6.45, 7) is 2.11. The van der Waals surface area contributed by atoms with Crippen molar-refractivity contribution in [2.24, 2.45) is 0 Å². The van der Waals surface area contributed by atoms with Crippen molar-refractivity contribution >= 4 is 40.7 Å². The molecule has 3 aromatic rings. The molecule has 0 saturated carbocycles. The number of aromatic hydroxyl groups is 1. The van der Waals surface area contributed by atoms with E-state index in [9.17, 15) is 24.6 Å². The fourth-order valence-electron chi connectivity index (χ4n) is 4.10. The molecular formula is C28H24ClNO7. The highest BCUT2D eigenvalue weighted by Crippen LogP contribution is 2.43. The highest BCUT2D eigenvalue weighted by molar-refractivity contribution is 6.51. The number of ketones is 1. The van der Waals surface area contributed by atoms with Gasteiger partial charge in [0.25, 0.3) is 11.7 Å². The van der Waals surface area contributed by atoms with Gasteiger partial charge in [0.2, 0.25) is 0 Å². The number of anilines is 1. The zero-order valence-corrected chi connectivity index (χ0v) is 20.9. The third kappa shape index (κ3) is 5.01. The summed E-state index contributed by atoms with van der Waals surface area (Å²) in [5.41, 5.74) is 0.967.